The van der Waals surface area contributed by atoms with Crippen molar-refractivity contribution in [3.05, 3.63) is 27.8 Å². The van der Waals surface area contributed by atoms with Crippen molar-refractivity contribution >= 4 is 11.6 Å². The largest absolute Gasteiger partial charge is 0.496 e. The van der Waals surface area contributed by atoms with Gasteiger partial charge in [0, 0.05) is 11.6 Å². The molecule has 0 saturated heterocycles. The third-order valence-corrected chi connectivity index (χ3v) is 3.66. The molecule has 0 aromatic heterocycles. The average Bonchev–Trinajstić information content (AvgIpc) is 2.34. The van der Waals surface area contributed by atoms with Crippen molar-refractivity contribution < 1.29 is 9.84 Å². The van der Waals surface area contributed by atoms with Crippen molar-refractivity contribution in [3.8, 4) is 5.75 Å². The van der Waals surface area contributed by atoms with Gasteiger partial charge in [-0.05, 0) is 55.5 Å². The normalized spacial score (nSPS) is 12.6. The monoisotopic (exact) mass is 257 g/mol. The minimum absolute atomic E-state index is 0.0429. The first-order valence-electron chi connectivity index (χ1n) is 5.68. The van der Waals surface area contributed by atoms with Crippen molar-refractivity contribution in [2.24, 2.45) is 11.7 Å². The Morgan fingerprint density at radius 3 is 2.59 bits per heavy atom. The predicted octanol–water partition coefficient (Wildman–Crippen LogP) is 2.08. The lowest BCUT2D eigenvalue weighted by atomic mass is 9.94. The molecule has 96 valence electrons. The minimum atomic E-state index is 0.0429. The highest BCUT2D eigenvalue weighted by molar-refractivity contribution is 6.32. The van der Waals surface area contributed by atoms with E-state index in [4.69, 9.17) is 22.1 Å². The van der Waals surface area contributed by atoms with Crippen LogP contribution in [0.4, 0.5) is 0 Å². The third-order valence-electron chi connectivity index (χ3n) is 3.08. The minimum Gasteiger partial charge on any atom is -0.496 e. The summed E-state index contributed by atoms with van der Waals surface area (Å²) in [4.78, 5) is 0. The summed E-state index contributed by atoms with van der Waals surface area (Å²) >= 11 is 6.23. The molecular formula is C13H20ClNO2. The number of aliphatic hydroxyl groups is 1. The van der Waals surface area contributed by atoms with Crippen LogP contribution in [0.15, 0.2) is 6.07 Å². The first-order chi connectivity index (χ1) is 8.04. The zero-order valence-electron chi connectivity index (χ0n) is 10.6. The van der Waals surface area contributed by atoms with Gasteiger partial charge in [0.15, 0.2) is 0 Å². The van der Waals surface area contributed by atoms with Gasteiger partial charge < -0.3 is 15.6 Å². The van der Waals surface area contributed by atoms with Crippen LogP contribution in [0.25, 0.3) is 0 Å². The number of rotatable bonds is 5. The number of benzene rings is 1. The topological polar surface area (TPSA) is 55.5 Å². The number of hydrogen-bond donors (Lipinski definition) is 2. The van der Waals surface area contributed by atoms with Crippen LogP contribution < -0.4 is 10.5 Å². The van der Waals surface area contributed by atoms with Crippen LogP contribution in [0.3, 0.4) is 0 Å². The number of ether oxygens (including phenoxy) is 1. The zero-order valence-corrected chi connectivity index (χ0v) is 11.3. The van der Waals surface area contributed by atoms with Crippen LogP contribution in [0, 0.1) is 19.8 Å². The molecule has 0 aliphatic carbocycles. The number of nitrogens with two attached hydrogens (primary N) is 1. The molecule has 1 aromatic rings. The Labute approximate surface area is 108 Å². The summed E-state index contributed by atoms with van der Waals surface area (Å²) in [5, 5.41) is 9.97. The van der Waals surface area contributed by atoms with Crippen molar-refractivity contribution in [1.29, 1.82) is 0 Å². The van der Waals surface area contributed by atoms with Crippen LogP contribution in [0.5, 0.6) is 5.75 Å². The lowest BCUT2D eigenvalue weighted by Crippen LogP contribution is -2.21. The Morgan fingerprint density at radius 2 is 2.12 bits per heavy atom. The second-order valence-corrected chi connectivity index (χ2v) is 4.68. The number of aliphatic hydroxyl groups excluding tert-OH is 1. The smallest absolute Gasteiger partial charge is 0.122 e. The molecule has 0 amide bonds. The summed E-state index contributed by atoms with van der Waals surface area (Å²) in [6, 6.07) is 1.93. The molecule has 0 spiro atoms. The summed E-state index contributed by atoms with van der Waals surface area (Å²) in [6.45, 7) is 4.45. The second-order valence-electron chi connectivity index (χ2n) is 4.30. The van der Waals surface area contributed by atoms with E-state index in [-0.39, 0.29) is 12.5 Å². The fraction of sp³-hybridized carbons (Fsp3) is 0.538. The Kier molecular flexibility index (Phi) is 5.25. The summed E-state index contributed by atoms with van der Waals surface area (Å²) in [5.74, 6) is 0.859. The summed E-state index contributed by atoms with van der Waals surface area (Å²) in [5.41, 5.74) is 8.65. The van der Waals surface area contributed by atoms with Gasteiger partial charge >= 0.3 is 0 Å². The van der Waals surface area contributed by atoms with E-state index in [0.717, 1.165) is 27.5 Å². The van der Waals surface area contributed by atoms with Gasteiger partial charge in [-0.3, -0.25) is 0 Å². The molecule has 3 N–H and O–H groups in total. The van der Waals surface area contributed by atoms with Crippen LogP contribution in [0.1, 0.15) is 16.7 Å². The lowest BCUT2D eigenvalue weighted by Gasteiger charge is -2.18. The summed E-state index contributed by atoms with van der Waals surface area (Å²) in [7, 11) is 1.64. The third kappa shape index (κ3) is 3.12. The molecule has 1 atom stereocenters. The standard InChI is InChI=1S/C13H20ClNO2/c1-8-4-12(17-3)11(9(2)13(8)14)5-10(6-15)7-16/h4,10,16H,5-7,15H2,1-3H3. The number of methoxy groups -OCH3 is 1. The quantitative estimate of drug-likeness (QED) is 0.849. The van der Waals surface area contributed by atoms with Crippen LogP contribution in [-0.2, 0) is 6.42 Å². The van der Waals surface area contributed by atoms with E-state index in [2.05, 4.69) is 0 Å². The molecular weight excluding hydrogens is 238 g/mol. The summed E-state index contributed by atoms with van der Waals surface area (Å²) in [6.07, 6.45) is 0.683. The Balaban J connectivity index is 3.16. The molecule has 0 heterocycles. The van der Waals surface area contributed by atoms with Crippen molar-refractivity contribution in [2.75, 3.05) is 20.3 Å². The summed E-state index contributed by atoms with van der Waals surface area (Å²) < 4.78 is 5.37. The van der Waals surface area contributed by atoms with Crippen LogP contribution in [-0.4, -0.2) is 25.4 Å². The number of hydrogen-bond acceptors (Lipinski definition) is 3. The van der Waals surface area contributed by atoms with E-state index in [1.807, 2.05) is 19.9 Å². The highest BCUT2D eigenvalue weighted by Gasteiger charge is 2.16. The van der Waals surface area contributed by atoms with E-state index in [1.165, 1.54) is 0 Å². The molecule has 1 rings (SSSR count). The zero-order chi connectivity index (χ0) is 13.0. The molecule has 17 heavy (non-hydrogen) atoms. The van der Waals surface area contributed by atoms with Gasteiger partial charge in [-0.25, -0.2) is 0 Å². The van der Waals surface area contributed by atoms with E-state index < -0.39 is 0 Å². The lowest BCUT2D eigenvalue weighted by molar-refractivity contribution is 0.228. The van der Waals surface area contributed by atoms with Crippen molar-refractivity contribution in [3.63, 3.8) is 0 Å². The fourth-order valence-corrected chi connectivity index (χ4v) is 2.08. The number of halogens is 1. The average molecular weight is 258 g/mol. The maximum absolute atomic E-state index is 9.21. The molecule has 4 heteroatoms. The van der Waals surface area contributed by atoms with Gasteiger partial charge in [0.1, 0.15) is 5.75 Å². The fourth-order valence-electron chi connectivity index (χ4n) is 1.91. The number of aryl methyl sites for hydroxylation is 1. The van der Waals surface area contributed by atoms with Crippen LogP contribution in [0.2, 0.25) is 5.02 Å². The first-order valence-corrected chi connectivity index (χ1v) is 6.06. The first kappa shape index (κ1) is 14.3. The van der Waals surface area contributed by atoms with E-state index >= 15 is 0 Å². The predicted molar refractivity (Wildman–Crippen MR) is 70.8 cm³/mol. The molecule has 0 aliphatic heterocycles. The SMILES string of the molecule is COc1cc(C)c(Cl)c(C)c1CC(CN)CO. The molecule has 0 fully saturated rings. The molecule has 1 aromatic carbocycles. The van der Waals surface area contributed by atoms with Gasteiger partial charge in [-0.15, -0.1) is 0 Å². The van der Waals surface area contributed by atoms with Gasteiger partial charge in [0.25, 0.3) is 0 Å². The van der Waals surface area contributed by atoms with Crippen LogP contribution >= 0.6 is 11.6 Å². The van der Waals surface area contributed by atoms with Gasteiger partial charge in [-0.2, -0.15) is 0 Å². The Morgan fingerprint density at radius 1 is 1.47 bits per heavy atom. The highest BCUT2D eigenvalue weighted by Crippen LogP contribution is 2.32. The van der Waals surface area contributed by atoms with Gasteiger partial charge in [0.05, 0.1) is 7.11 Å². The highest BCUT2D eigenvalue weighted by atomic mass is 35.5. The second kappa shape index (κ2) is 6.24. The molecule has 0 bridgehead atoms. The van der Waals surface area contributed by atoms with Gasteiger partial charge in [-0.1, -0.05) is 11.6 Å². The molecule has 1 unspecified atom stereocenters. The van der Waals surface area contributed by atoms with Crippen molar-refractivity contribution in [1.82, 2.24) is 0 Å². The van der Waals surface area contributed by atoms with Gasteiger partial charge in [0.2, 0.25) is 0 Å². The molecule has 3 nitrogen and oxygen atoms in total. The maximum atomic E-state index is 9.21. The maximum Gasteiger partial charge on any atom is 0.122 e. The Bertz CT molecular complexity index is 389. The molecule has 0 radical (unpaired) electrons. The van der Waals surface area contributed by atoms with E-state index in [1.54, 1.807) is 7.11 Å². The van der Waals surface area contributed by atoms with E-state index in [9.17, 15) is 5.11 Å². The molecule has 0 saturated carbocycles. The molecule has 0 aliphatic rings. The van der Waals surface area contributed by atoms with E-state index in [0.29, 0.717) is 13.0 Å². The van der Waals surface area contributed by atoms with Crippen molar-refractivity contribution in [2.45, 2.75) is 20.3 Å². The Hall–Kier alpha value is -0.770.